The molecule has 0 radical (unpaired) electrons. The minimum atomic E-state index is -3.06. The molecule has 6 nitrogen and oxygen atoms in total. The lowest BCUT2D eigenvalue weighted by Gasteiger charge is -2.29. The Morgan fingerprint density at radius 3 is 2.54 bits per heavy atom. The number of carbonyl (C=O) groups excluding carboxylic acids is 2. The second kappa shape index (κ2) is 7.60. The van der Waals surface area contributed by atoms with E-state index in [9.17, 15) is 22.4 Å². The van der Waals surface area contributed by atoms with Gasteiger partial charge in [0.1, 0.15) is 11.9 Å². The first-order chi connectivity index (χ1) is 11.2. The molecule has 132 valence electrons. The van der Waals surface area contributed by atoms with Crippen molar-refractivity contribution in [3.8, 4) is 0 Å². The van der Waals surface area contributed by atoms with Crippen LogP contribution in [0.15, 0.2) is 22.7 Å². The molecule has 0 bridgehead atoms. The molecule has 0 aromatic heterocycles. The fourth-order valence-corrected chi connectivity index (χ4v) is 4.02. The average molecular weight is 421 g/mol. The van der Waals surface area contributed by atoms with Crippen LogP contribution in [0.2, 0.25) is 0 Å². The Kier molecular flexibility index (Phi) is 5.97. The van der Waals surface area contributed by atoms with Gasteiger partial charge in [0.2, 0.25) is 11.8 Å². The zero-order valence-corrected chi connectivity index (χ0v) is 15.5. The highest BCUT2D eigenvalue weighted by molar-refractivity contribution is 9.10. The standard InChI is InChI=1S/C15H18BrFN2O4S/c1-10(15(21)19-4-6-24(22,23)7-5-19)18-14(20)9-11-2-3-13(17)12(16)8-11/h2-3,8,10H,4-7,9H2,1H3,(H,18,20). The molecule has 0 spiro atoms. The van der Waals surface area contributed by atoms with Gasteiger partial charge in [0, 0.05) is 13.1 Å². The van der Waals surface area contributed by atoms with Crippen LogP contribution in [-0.4, -0.2) is 55.8 Å². The summed E-state index contributed by atoms with van der Waals surface area (Å²) in [6, 6.07) is 3.52. The molecule has 2 rings (SSSR count). The minimum absolute atomic E-state index is 0.0187. The number of amides is 2. The summed E-state index contributed by atoms with van der Waals surface area (Å²) in [6.45, 7) is 1.85. The van der Waals surface area contributed by atoms with Crippen molar-refractivity contribution in [3.63, 3.8) is 0 Å². The van der Waals surface area contributed by atoms with E-state index in [-0.39, 0.29) is 47.3 Å². The van der Waals surface area contributed by atoms with E-state index < -0.39 is 21.7 Å². The van der Waals surface area contributed by atoms with Crippen molar-refractivity contribution < 1.29 is 22.4 Å². The van der Waals surface area contributed by atoms with Crippen molar-refractivity contribution in [2.24, 2.45) is 0 Å². The first-order valence-corrected chi connectivity index (χ1v) is 10.0. The molecule has 1 atom stereocenters. The van der Waals surface area contributed by atoms with Crippen LogP contribution in [0.25, 0.3) is 0 Å². The summed E-state index contributed by atoms with van der Waals surface area (Å²) in [5.41, 5.74) is 0.615. The van der Waals surface area contributed by atoms with Gasteiger partial charge in [0.25, 0.3) is 0 Å². The molecule has 0 saturated carbocycles. The average Bonchev–Trinajstić information content (AvgIpc) is 2.50. The highest BCUT2D eigenvalue weighted by Gasteiger charge is 2.28. The van der Waals surface area contributed by atoms with E-state index in [4.69, 9.17) is 0 Å². The number of halogens is 2. The van der Waals surface area contributed by atoms with Gasteiger partial charge in [-0.25, -0.2) is 12.8 Å². The van der Waals surface area contributed by atoms with Gasteiger partial charge in [-0.2, -0.15) is 0 Å². The van der Waals surface area contributed by atoms with Crippen molar-refractivity contribution >= 4 is 37.6 Å². The molecule has 1 heterocycles. The molecular formula is C15H18BrFN2O4S. The molecule has 0 aliphatic carbocycles. The molecular weight excluding hydrogens is 403 g/mol. The zero-order chi connectivity index (χ0) is 17.9. The summed E-state index contributed by atoms with van der Waals surface area (Å²) >= 11 is 3.05. The summed E-state index contributed by atoms with van der Waals surface area (Å²) < 4.78 is 36.2. The van der Waals surface area contributed by atoms with E-state index in [1.807, 2.05) is 0 Å². The number of nitrogens with zero attached hydrogens (tertiary/aromatic N) is 1. The zero-order valence-electron chi connectivity index (χ0n) is 13.1. The summed E-state index contributed by atoms with van der Waals surface area (Å²) in [7, 11) is -3.06. The third-order valence-electron chi connectivity index (χ3n) is 3.75. The third-order valence-corrected chi connectivity index (χ3v) is 5.97. The number of carbonyl (C=O) groups is 2. The summed E-state index contributed by atoms with van der Waals surface area (Å²) in [5.74, 6) is -1.19. The van der Waals surface area contributed by atoms with Gasteiger partial charge >= 0.3 is 0 Å². The Hall–Kier alpha value is -1.48. The molecule has 9 heteroatoms. The van der Waals surface area contributed by atoms with Gasteiger partial charge in [0.15, 0.2) is 9.84 Å². The molecule has 1 fully saturated rings. The second-order valence-corrected chi connectivity index (χ2v) is 8.85. The lowest BCUT2D eigenvalue weighted by atomic mass is 10.1. The van der Waals surface area contributed by atoms with Crippen molar-refractivity contribution in [1.29, 1.82) is 0 Å². The highest BCUT2D eigenvalue weighted by Crippen LogP contribution is 2.17. The van der Waals surface area contributed by atoms with Gasteiger partial charge in [-0.05, 0) is 40.5 Å². The van der Waals surface area contributed by atoms with E-state index in [1.165, 1.54) is 23.1 Å². The normalized spacial score (nSPS) is 18.0. The number of hydrogen-bond acceptors (Lipinski definition) is 4. The molecule has 24 heavy (non-hydrogen) atoms. The van der Waals surface area contributed by atoms with E-state index >= 15 is 0 Å². The third kappa shape index (κ3) is 5.01. The highest BCUT2D eigenvalue weighted by atomic mass is 79.9. The first-order valence-electron chi connectivity index (χ1n) is 7.40. The van der Waals surface area contributed by atoms with Crippen LogP contribution in [0.3, 0.4) is 0 Å². The smallest absolute Gasteiger partial charge is 0.244 e. The number of sulfone groups is 1. The fraction of sp³-hybridized carbons (Fsp3) is 0.467. The predicted octanol–water partition coefficient (Wildman–Crippen LogP) is 0.892. The topological polar surface area (TPSA) is 83.6 Å². The van der Waals surface area contributed by atoms with Crippen LogP contribution in [0.5, 0.6) is 0 Å². The molecule has 1 aliphatic heterocycles. The van der Waals surface area contributed by atoms with E-state index in [0.29, 0.717) is 5.56 Å². The number of benzene rings is 1. The Balaban J connectivity index is 1.89. The maximum Gasteiger partial charge on any atom is 0.244 e. The summed E-state index contributed by atoms with van der Waals surface area (Å²) in [5, 5.41) is 2.59. The maximum absolute atomic E-state index is 13.2. The maximum atomic E-state index is 13.2. The lowest BCUT2D eigenvalue weighted by molar-refractivity contribution is -0.135. The van der Waals surface area contributed by atoms with Crippen LogP contribution in [0, 0.1) is 5.82 Å². The monoisotopic (exact) mass is 420 g/mol. The molecule has 1 unspecified atom stereocenters. The predicted molar refractivity (Wildman–Crippen MR) is 90.6 cm³/mol. The molecule has 2 amide bonds. The molecule has 1 aromatic carbocycles. The van der Waals surface area contributed by atoms with Crippen LogP contribution < -0.4 is 5.32 Å². The van der Waals surface area contributed by atoms with Crippen LogP contribution in [0.4, 0.5) is 4.39 Å². The molecule has 1 N–H and O–H groups in total. The van der Waals surface area contributed by atoms with Gasteiger partial charge < -0.3 is 10.2 Å². The van der Waals surface area contributed by atoms with Gasteiger partial charge in [-0.15, -0.1) is 0 Å². The van der Waals surface area contributed by atoms with Gasteiger partial charge in [-0.1, -0.05) is 6.07 Å². The molecule has 1 aliphatic rings. The Morgan fingerprint density at radius 2 is 1.96 bits per heavy atom. The number of nitrogens with one attached hydrogen (secondary N) is 1. The molecule has 1 saturated heterocycles. The van der Waals surface area contributed by atoms with Crippen LogP contribution in [0.1, 0.15) is 12.5 Å². The van der Waals surface area contributed by atoms with Crippen molar-refractivity contribution in [2.45, 2.75) is 19.4 Å². The van der Waals surface area contributed by atoms with E-state index in [0.717, 1.165) is 0 Å². The molecule has 1 aromatic rings. The minimum Gasteiger partial charge on any atom is -0.344 e. The first kappa shape index (κ1) is 18.9. The van der Waals surface area contributed by atoms with E-state index in [1.54, 1.807) is 6.92 Å². The fourth-order valence-electron chi connectivity index (χ4n) is 2.40. The van der Waals surface area contributed by atoms with Crippen molar-refractivity contribution in [3.05, 3.63) is 34.1 Å². The Labute approximate surface area is 148 Å². The SMILES string of the molecule is CC(NC(=O)Cc1ccc(F)c(Br)c1)C(=O)N1CCS(=O)(=O)CC1. The quantitative estimate of drug-likeness (QED) is 0.783. The second-order valence-electron chi connectivity index (χ2n) is 5.69. The van der Waals surface area contributed by atoms with Crippen LogP contribution in [-0.2, 0) is 25.8 Å². The Bertz CT molecular complexity index is 740. The number of hydrogen-bond donors (Lipinski definition) is 1. The lowest BCUT2D eigenvalue weighted by Crippen LogP contribution is -2.51. The van der Waals surface area contributed by atoms with Crippen LogP contribution >= 0.6 is 15.9 Å². The van der Waals surface area contributed by atoms with E-state index in [2.05, 4.69) is 21.2 Å². The summed E-state index contributed by atoms with van der Waals surface area (Å²) in [4.78, 5) is 25.7. The van der Waals surface area contributed by atoms with Gasteiger partial charge in [-0.3, -0.25) is 9.59 Å². The number of rotatable bonds is 4. The summed E-state index contributed by atoms with van der Waals surface area (Å²) in [6.07, 6.45) is 0.0187. The van der Waals surface area contributed by atoms with Crippen molar-refractivity contribution in [2.75, 3.05) is 24.6 Å². The largest absolute Gasteiger partial charge is 0.344 e. The van der Waals surface area contributed by atoms with Crippen molar-refractivity contribution in [1.82, 2.24) is 10.2 Å². The van der Waals surface area contributed by atoms with Gasteiger partial charge in [0.05, 0.1) is 22.4 Å². The Morgan fingerprint density at radius 1 is 1.33 bits per heavy atom.